The smallest absolute Gasteiger partial charge is 0.327 e. The third kappa shape index (κ3) is 3.35. The zero-order chi connectivity index (χ0) is 13.0. The predicted molar refractivity (Wildman–Crippen MR) is 67.6 cm³/mol. The van der Waals surface area contributed by atoms with Gasteiger partial charge < -0.3 is 15.7 Å². The molecule has 0 aromatic carbocycles. The molecule has 1 aliphatic rings. The van der Waals surface area contributed by atoms with Crippen molar-refractivity contribution in [1.82, 2.24) is 4.90 Å². The van der Waals surface area contributed by atoms with Crippen molar-refractivity contribution in [2.24, 2.45) is 11.7 Å². The summed E-state index contributed by atoms with van der Waals surface area (Å²) in [4.78, 5) is 24.6. The van der Waals surface area contributed by atoms with E-state index in [2.05, 4.69) is 0 Å². The van der Waals surface area contributed by atoms with Crippen LogP contribution in [0.1, 0.15) is 26.7 Å². The number of carbonyl (C=O) groups excluding carboxylic acids is 1. The molecular weight excluding hydrogens is 240 g/mol. The Labute approximate surface area is 106 Å². The van der Waals surface area contributed by atoms with Crippen LogP contribution in [0.25, 0.3) is 0 Å². The van der Waals surface area contributed by atoms with Crippen LogP contribution < -0.4 is 5.73 Å². The van der Waals surface area contributed by atoms with Gasteiger partial charge in [-0.05, 0) is 19.4 Å². The highest BCUT2D eigenvalue weighted by atomic mass is 32.2. The van der Waals surface area contributed by atoms with Gasteiger partial charge in [-0.25, -0.2) is 4.79 Å². The van der Waals surface area contributed by atoms with E-state index >= 15 is 0 Å². The summed E-state index contributed by atoms with van der Waals surface area (Å²) in [6.45, 7) is 4.33. The van der Waals surface area contributed by atoms with Crippen molar-refractivity contribution in [3.63, 3.8) is 0 Å². The molecule has 3 unspecified atom stereocenters. The molecule has 1 aliphatic heterocycles. The average molecular weight is 260 g/mol. The summed E-state index contributed by atoms with van der Waals surface area (Å²) in [6, 6.07) is -0.683. The van der Waals surface area contributed by atoms with Crippen molar-refractivity contribution in [3.05, 3.63) is 0 Å². The molecule has 98 valence electrons. The highest BCUT2D eigenvalue weighted by Gasteiger charge is 2.39. The Morgan fingerprint density at radius 2 is 2.24 bits per heavy atom. The molecule has 0 aliphatic carbocycles. The van der Waals surface area contributed by atoms with Gasteiger partial charge in [-0.1, -0.05) is 13.3 Å². The number of thioether (sulfide) groups is 1. The molecule has 1 saturated heterocycles. The number of rotatable bonds is 5. The Morgan fingerprint density at radius 3 is 2.71 bits per heavy atom. The van der Waals surface area contributed by atoms with Gasteiger partial charge in [0.1, 0.15) is 6.04 Å². The van der Waals surface area contributed by atoms with Gasteiger partial charge in [0.25, 0.3) is 0 Å². The first kappa shape index (κ1) is 14.3. The normalized spacial score (nSPS) is 25.9. The number of nitrogens with zero attached hydrogens (tertiary/aromatic N) is 1. The second-order valence-electron chi connectivity index (χ2n) is 4.30. The van der Waals surface area contributed by atoms with Crippen LogP contribution in [0, 0.1) is 5.92 Å². The van der Waals surface area contributed by atoms with Crippen LogP contribution in [0.15, 0.2) is 0 Å². The lowest BCUT2D eigenvalue weighted by molar-refractivity contribution is -0.149. The Bertz CT molecular complexity index is 294. The van der Waals surface area contributed by atoms with E-state index in [0.717, 1.165) is 6.42 Å². The molecule has 0 saturated carbocycles. The number of carbonyl (C=O) groups is 2. The first-order valence-corrected chi connectivity index (χ1v) is 6.91. The summed E-state index contributed by atoms with van der Waals surface area (Å²) >= 11 is 1.51. The fourth-order valence-electron chi connectivity index (χ4n) is 1.96. The maximum absolute atomic E-state index is 12.1. The summed E-state index contributed by atoms with van der Waals surface area (Å²) in [6.07, 6.45) is 1.19. The molecular formula is C11H20N2O3S. The lowest BCUT2D eigenvalue weighted by Crippen LogP contribution is -2.45. The van der Waals surface area contributed by atoms with E-state index in [0.29, 0.717) is 18.7 Å². The van der Waals surface area contributed by atoms with E-state index in [-0.39, 0.29) is 17.2 Å². The molecule has 0 radical (unpaired) electrons. The quantitative estimate of drug-likeness (QED) is 0.761. The molecule has 17 heavy (non-hydrogen) atoms. The van der Waals surface area contributed by atoms with Gasteiger partial charge >= 0.3 is 5.97 Å². The van der Waals surface area contributed by atoms with Crippen LogP contribution in [0.5, 0.6) is 0 Å². The van der Waals surface area contributed by atoms with Crippen molar-refractivity contribution in [3.8, 4) is 0 Å². The van der Waals surface area contributed by atoms with Gasteiger partial charge in [0.15, 0.2) is 0 Å². The summed E-state index contributed by atoms with van der Waals surface area (Å²) < 4.78 is 0. The van der Waals surface area contributed by atoms with E-state index in [9.17, 15) is 9.59 Å². The fraction of sp³-hybridized carbons (Fsp3) is 0.818. The van der Waals surface area contributed by atoms with Gasteiger partial charge in [-0.15, -0.1) is 11.8 Å². The van der Waals surface area contributed by atoms with Crippen LogP contribution in [-0.4, -0.2) is 45.6 Å². The molecule has 1 heterocycles. The summed E-state index contributed by atoms with van der Waals surface area (Å²) in [7, 11) is 0. The van der Waals surface area contributed by atoms with Crippen LogP contribution in [0.2, 0.25) is 0 Å². The van der Waals surface area contributed by atoms with Crippen molar-refractivity contribution in [1.29, 1.82) is 0 Å². The standard InChI is InChI=1S/C11H20N2O3S/c1-3-8(5-12)4-10(14)13-7(2)17-6-9(13)11(15)16/h7-9H,3-6,12H2,1-2H3,(H,15,16). The third-order valence-electron chi connectivity index (χ3n) is 3.17. The zero-order valence-electron chi connectivity index (χ0n) is 10.3. The monoisotopic (exact) mass is 260 g/mol. The fourth-order valence-corrected chi connectivity index (χ4v) is 3.15. The lowest BCUT2D eigenvalue weighted by Gasteiger charge is -2.26. The van der Waals surface area contributed by atoms with E-state index in [1.165, 1.54) is 16.7 Å². The van der Waals surface area contributed by atoms with E-state index < -0.39 is 12.0 Å². The minimum atomic E-state index is -0.920. The third-order valence-corrected chi connectivity index (χ3v) is 4.39. The van der Waals surface area contributed by atoms with Crippen LogP contribution in [-0.2, 0) is 9.59 Å². The van der Waals surface area contributed by atoms with Crippen molar-refractivity contribution in [2.45, 2.75) is 38.1 Å². The Morgan fingerprint density at radius 1 is 1.59 bits per heavy atom. The molecule has 3 N–H and O–H groups in total. The number of hydrogen-bond donors (Lipinski definition) is 2. The lowest BCUT2D eigenvalue weighted by atomic mass is 10.0. The number of hydrogen-bond acceptors (Lipinski definition) is 4. The van der Waals surface area contributed by atoms with Gasteiger partial charge in [0, 0.05) is 12.2 Å². The van der Waals surface area contributed by atoms with E-state index in [4.69, 9.17) is 10.8 Å². The van der Waals surface area contributed by atoms with Gasteiger partial charge in [-0.3, -0.25) is 4.79 Å². The van der Waals surface area contributed by atoms with Crippen LogP contribution in [0.3, 0.4) is 0 Å². The SMILES string of the molecule is CCC(CN)CC(=O)N1C(C)SCC1C(=O)O. The molecule has 3 atom stereocenters. The van der Waals surface area contributed by atoms with Gasteiger partial charge in [0.05, 0.1) is 5.37 Å². The average Bonchev–Trinajstić information content (AvgIpc) is 2.67. The Hall–Kier alpha value is -0.750. The summed E-state index contributed by atoms with van der Waals surface area (Å²) in [5.41, 5.74) is 5.57. The molecule has 0 bridgehead atoms. The highest BCUT2D eigenvalue weighted by Crippen LogP contribution is 2.30. The maximum atomic E-state index is 12.1. The predicted octanol–water partition coefficient (Wildman–Crippen LogP) is 0.736. The Balaban J connectivity index is 2.68. The van der Waals surface area contributed by atoms with Gasteiger partial charge in [-0.2, -0.15) is 0 Å². The highest BCUT2D eigenvalue weighted by molar-refractivity contribution is 8.00. The van der Waals surface area contributed by atoms with E-state index in [1.54, 1.807) is 0 Å². The van der Waals surface area contributed by atoms with Crippen molar-refractivity contribution < 1.29 is 14.7 Å². The topological polar surface area (TPSA) is 83.6 Å². The molecule has 1 fully saturated rings. The van der Waals surface area contributed by atoms with Crippen LogP contribution >= 0.6 is 11.8 Å². The molecule has 5 nitrogen and oxygen atoms in total. The summed E-state index contributed by atoms with van der Waals surface area (Å²) in [5.74, 6) is -0.389. The van der Waals surface area contributed by atoms with Crippen LogP contribution in [0.4, 0.5) is 0 Å². The summed E-state index contributed by atoms with van der Waals surface area (Å²) in [5, 5.41) is 9.01. The molecule has 6 heteroatoms. The molecule has 0 spiro atoms. The largest absolute Gasteiger partial charge is 0.480 e. The number of carboxylic acids is 1. The molecule has 1 rings (SSSR count). The number of nitrogens with two attached hydrogens (primary N) is 1. The van der Waals surface area contributed by atoms with Crippen molar-refractivity contribution >= 4 is 23.6 Å². The number of aliphatic carboxylic acids is 1. The van der Waals surface area contributed by atoms with E-state index in [1.807, 2.05) is 13.8 Å². The minimum absolute atomic E-state index is 0.0566. The molecule has 1 amide bonds. The van der Waals surface area contributed by atoms with Crippen molar-refractivity contribution in [2.75, 3.05) is 12.3 Å². The maximum Gasteiger partial charge on any atom is 0.327 e. The number of carboxylic acid groups (broad SMARTS) is 1. The minimum Gasteiger partial charge on any atom is -0.480 e. The number of amides is 1. The molecule has 0 aromatic heterocycles. The Kier molecular flexibility index (Phi) is 5.27. The zero-order valence-corrected chi connectivity index (χ0v) is 11.1. The molecule has 0 aromatic rings. The first-order valence-electron chi connectivity index (χ1n) is 5.86. The second-order valence-corrected chi connectivity index (χ2v) is 5.65. The second kappa shape index (κ2) is 6.26. The van der Waals surface area contributed by atoms with Gasteiger partial charge in [0.2, 0.25) is 5.91 Å². The first-order chi connectivity index (χ1) is 8.01.